The number of aryl methyl sites for hydroxylation is 1. The van der Waals surface area contributed by atoms with Gasteiger partial charge in [-0.25, -0.2) is 0 Å². The number of hydrogen-bond donors (Lipinski definition) is 1. The van der Waals surface area contributed by atoms with Crippen LogP contribution in [0.25, 0.3) is 10.8 Å². The van der Waals surface area contributed by atoms with Gasteiger partial charge in [0.1, 0.15) is 17.5 Å². The number of ether oxygens (including phenoxy) is 2. The van der Waals surface area contributed by atoms with Crippen molar-refractivity contribution in [3.63, 3.8) is 0 Å². The summed E-state index contributed by atoms with van der Waals surface area (Å²) < 4.78 is 11.2. The quantitative estimate of drug-likeness (QED) is 0.787. The minimum atomic E-state index is -0.140. The molecule has 2 heterocycles. The average molecular weight is 351 g/mol. The van der Waals surface area contributed by atoms with Crippen molar-refractivity contribution in [3.05, 3.63) is 59.4 Å². The van der Waals surface area contributed by atoms with Gasteiger partial charge in [0.2, 0.25) is 0 Å². The van der Waals surface area contributed by atoms with Crippen LogP contribution in [0, 0.1) is 6.92 Å². The molecule has 6 nitrogen and oxygen atoms in total. The Balaban J connectivity index is 1.55. The molecule has 1 amide bonds. The lowest BCUT2D eigenvalue weighted by Gasteiger charge is -2.33. The number of carbonyl (C=O) groups is 1. The number of carbonyl (C=O) groups excluding carboxylic acids is 1. The summed E-state index contributed by atoms with van der Waals surface area (Å²) in [6.45, 7) is 3.49. The highest BCUT2D eigenvalue weighted by molar-refractivity contribution is 5.92. The number of benzene rings is 2. The summed E-state index contributed by atoms with van der Waals surface area (Å²) in [7, 11) is 1.66. The number of amides is 1. The van der Waals surface area contributed by atoms with E-state index in [0.717, 1.165) is 27.8 Å². The van der Waals surface area contributed by atoms with Crippen molar-refractivity contribution in [3.8, 4) is 5.75 Å². The second-order valence-corrected chi connectivity index (χ2v) is 6.52. The predicted octanol–water partition coefficient (Wildman–Crippen LogP) is 3.09. The zero-order valence-corrected chi connectivity index (χ0v) is 14.9. The Morgan fingerprint density at radius 2 is 2.04 bits per heavy atom. The van der Waals surface area contributed by atoms with E-state index in [1.54, 1.807) is 13.2 Å². The second-order valence-electron chi connectivity index (χ2n) is 6.52. The molecule has 6 heteroatoms. The third-order valence-electron chi connectivity index (χ3n) is 4.72. The van der Waals surface area contributed by atoms with E-state index in [0.29, 0.717) is 25.4 Å². The molecule has 1 aliphatic rings. The van der Waals surface area contributed by atoms with Crippen molar-refractivity contribution < 1.29 is 14.3 Å². The fraction of sp³-hybridized carbons (Fsp3) is 0.300. The van der Waals surface area contributed by atoms with E-state index in [9.17, 15) is 4.79 Å². The maximum atomic E-state index is 12.6. The highest BCUT2D eigenvalue weighted by Crippen LogP contribution is 2.28. The predicted molar refractivity (Wildman–Crippen MR) is 98.4 cm³/mol. The van der Waals surface area contributed by atoms with Crippen LogP contribution in [0.1, 0.15) is 27.8 Å². The molecule has 0 radical (unpaired) electrons. The molecule has 0 spiro atoms. The largest absolute Gasteiger partial charge is 0.497 e. The molecular weight excluding hydrogens is 330 g/mol. The first-order valence-corrected chi connectivity index (χ1v) is 8.64. The minimum Gasteiger partial charge on any atom is -0.497 e. The third-order valence-corrected chi connectivity index (χ3v) is 4.72. The van der Waals surface area contributed by atoms with Crippen LogP contribution in [-0.4, -0.2) is 47.8 Å². The third kappa shape index (κ3) is 3.15. The molecule has 1 aliphatic heterocycles. The summed E-state index contributed by atoms with van der Waals surface area (Å²) in [5, 5.41) is 9.14. The smallest absolute Gasteiger partial charge is 0.274 e. The van der Waals surface area contributed by atoms with Crippen molar-refractivity contribution in [2.75, 3.05) is 26.8 Å². The molecule has 134 valence electrons. The summed E-state index contributed by atoms with van der Waals surface area (Å²) in [6.07, 6.45) is -0.140. The molecule has 2 aromatic carbocycles. The van der Waals surface area contributed by atoms with Gasteiger partial charge in [0.15, 0.2) is 0 Å². The van der Waals surface area contributed by atoms with E-state index >= 15 is 0 Å². The topological polar surface area (TPSA) is 67.5 Å². The molecule has 1 N–H and O–H groups in total. The summed E-state index contributed by atoms with van der Waals surface area (Å²) >= 11 is 0. The highest BCUT2D eigenvalue weighted by Gasteiger charge is 2.27. The normalized spacial score (nSPS) is 17.5. The molecule has 3 aromatic rings. The Bertz CT molecular complexity index is 950. The first-order chi connectivity index (χ1) is 12.6. The number of aromatic amines is 1. The lowest BCUT2D eigenvalue weighted by molar-refractivity contribution is -0.0229. The number of fused-ring (bicyclic) bond motifs is 1. The van der Waals surface area contributed by atoms with Crippen molar-refractivity contribution in [1.82, 2.24) is 15.1 Å². The van der Waals surface area contributed by atoms with E-state index in [4.69, 9.17) is 9.47 Å². The number of morpholine rings is 1. The maximum Gasteiger partial charge on any atom is 0.274 e. The van der Waals surface area contributed by atoms with Gasteiger partial charge in [-0.3, -0.25) is 9.89 Å². The number of aromatic nitrogens is 2. The van der Waals surface area contributed by atoms with E-state index in [1.807, 2.05) is 30.0 Å². The molecule has 26 heavy (non-hydrogen) atoms. The lowest BCUT2D eigenvalue weighted by atomic mass is 10.0. The number of hydrogen-bond acceptors (Lipinski definition) is 4. The molecule has 1 saturated heterocycles. The van der Waals surface area contributed by atoms with Crippen molar-refractivity contribution in [1.29, 1.82) is 0 Å². The van der Waals surface area contributed by atoms with Crippen LogP contribution in [0.3, 0.4) is 0 Å². The molecule has 0 bridgehead atoms. The second kappa shape index (κ2) is 6.80. The van der Waals surface area contributed by atoms with Crippen LogP contribution in [-0.2, 0) is 4.74 Å². The van der Waals surface area contributed by atoms with Gasteiger partial charge in [-0.1, -0.05) is 18.2 Å². The van der Waals surface area contributed by atoms with Crippen LogP contribution >= 0.6 is 0 Å². The van der Waals surface area contributed by atoms with Gasteiger partial charge in [0.05, 0.1) is 20.3 Å². The number of H-pyrrole nitrogens is 1. The molecule has 1 fully saturated rings. The molecular formula is C20H21N3O3. The first kappa shape index (κ1) is 16.6. The Hall–Kier alpha value is -2.86. The van der Waals surface area contributed by atoms with E-state index in [1.165, 1.54) is 0 Å². The summed E-state index contributed by atoms with van der Waals surface area (Å²) in [4.78, 5) is 14.5. The van der Waals surface area contributed by atoms with Gasteiger partial charge in [-0.2, -0.15) is 5.10 Å². The van der Waals surface area contributed by atoms with E-state index in [-0.39, 0.29) is 12.0 Å². The Morgan fingerprint density at radius 3 is 2.81 bits per heavy atom. The highest BCUT2D eigenvalue weighted by atomic mass is 16.5. The molecule has 1 aromatic heterocycles. The molecule has 0 aliphatic carbocycles. The zero-order valence-electron chi connectivity index (χ0n) is 14.9. The number of rotatable bonds is 3. The summed E-state index contributed by atoms with van der Waals surface area (Å²) in [6, 6.07) is 14.0. The zero-order chi connectivity index (χ0) is 18.1. The SMILES string of the molecule is COc1ccc2cc(C3CN(C(=O)c4cc(C)[nH]n4)CCO3)ccc2c1. The van der Waals surface area contributed by atoms with Gasteiger partial charge >= 0.3 is 0 Å². The van der Waals surface area contributed by atoms with Crippen molar-refractivity contribution in [2.24, 2.45) is 0 Å². The van der Waals surface area contributed by atoms with Gasteiger partial charge in [-0.15, -0.1) is 0 Å². The van der Waals surface area contributed by atoms with Gasteiger partial charge < -0.3 is 14.4 Å². The Morgan fingerprint density at radius 1 is 1.23 bits per heavy atom. The van der Waals surface area contributed by atoms with Crippen LogP contribution < -0.4 is 4.74 Å². The fourth-order valence-corrected chi connectivity index (χ4v) is 3.29. The first-order valence-electron chi connectivity index (χ1n) is 8.64. The number of nitrogens with zero attached hydrogens (tertiary/aromatic N) is 2. The monoisotopic (exact) mass is 351 g/mol. The van der Waals surface area contributed by atoms with Crippen molar-refractivity contribution in [2.45, 2.75) is 13.0 Å². The maximum absolute atomic E-state index is 12.6. The molecule has 1 atom stereocenters. The molecule has 4 rings (SSSR count). The standard InChI is InChI=1S/C20H21N3O3/c1-13-9-18(22-21-13)20(24)23-7-8-26-19(12-23)16-4-3-15-11-17(25-2)6-5-14(15)10-16/h3-6,9-11,19H,7-8,12H2,1-2H3,(H,21,22). The average Bonchev–Trinajstić information content (AvgIpc) is 3.13. The van der Waals surface area contributed by atoms with Crippen LogP contribution in [0.4, 0.5) is 0 Å². The molecule has 1 unspecified atom stereocenters. The Kier molecular flexibility index (Phi) is 4.34. The van der Waals surface area contributed by atoms with Gasteiger partial charge in [-0.05, 0) is 47.5 Å². The van der Waals surface area contributed by atoms with E-state index in [2.05, 4.69) is 28.4 Å². The number of methoxy groups -OCH3 is 1. The summed E-state index contributed by atoms with van der Waals surface area (Å²) in [5.41, 5.74) is 2.40. The van der Waals surface area contributed by atoms with Crippen LogP contribution in [0.15, 0.2) is 42.5 Å². The fourth-order valence-electron chi connectivity index (χ4n) is 3.29. The lowest BCUT2D eigenvalue weighted by Crippen LogP contribution is -2.42. The Labute approximate surface area is 151 Å². The molecule has 0 saturated carbocycles. The minimum absolute atomic E-state index is 0.0619. The van der Waals surface area contributed by atoms with Crippen LogP contribution in [0.2, 0.25) is 0 Å². The van der Waals surface area contributed by atoms with Crippen LogP contribution in [0.5, 0.6) is 5.75 Å². The van der Waals surface area contributed by atoms with Gasteiger partial charge in [0, 0.05) is 12.2 Å². The van der Waals surface area contributed by atoms with Crippen molar-refractivity contribution >= 4 is 16.7 Å². The van der Waals surface area contributed by atoms with Gasteiger partial charge in [0.25, 0.3) is 5.91 Å². The van der Waals surface area contributed by atoms with E-state index < -0.39 is 0 Å². The number of nitrogens with one attached hydrogen (secondary N) is 1. The summed E-state index contributed by atoms with van der Waals surface area (Å²) in [5.74, 6) is 0.776.